The predicted octanol–water partition coefficient (Wildman–Crippen LogP) is 5.51. The molecule has 0 saturated heterocycles. The van der Waals surface area contributed by atoms with Gasteiger partial charge in [-0.2, -0.15) is 0 Å². The molecule has 0 spiro atoms. The third kappa shape index (κ3) is 4.55. The average molecular weight is 385 g/mol. The van der Waals surface area contributed by atoms with Crippen molar-refractivity contribution in [1.82, 2.24) is 0 Å². The molecule has 0 heterocycles. The van der Waals surface area contributed by atoms with Gasteiger partial charge in [0.2, 0.25) is 0 Å². The first kappa shape index (κ1) is 17.0. The van der Waals surface area contributed by atoms with Gasteiger partial charge < -0.3 is 14.8 Å². The Balaban J connectivity index is 2.11. The Kier molecular flexibility index (Phi) is 6.40. The number of hydrogen-bond donors (Lipinski definition) is 1. The first-order valence-corrected chi connectivity index (χ1v) is 8.29. The molecule has 2 aromatic carbocycles. The summed E-state index contributed by atoms with van der Waals surface area (Å²) in [7, 11) is 1.65. The summed E-state index contributed by atoms with van der Waals surface area (Å²) < 4.78 is 12.1. The van der Waals surface area contributed by atoms with Crippen LogP contribution in [0.5, 0.6) is 11.5 Å². The molecule has 2 aromatic rings. The summed E-state index contributed by atoms with van der Waals surface area (Å²) in [6.07, 6.45) is 0.954. The van der Waals surface area contributed by atoms with Gasteiger partial charge in [0, 0.05) is 17.3 Å². The molecule has 3 nitrogen and oxygen atoms in total. The number of nitrogens with one attached hydrogen (secondary N) is 1. The van der Waals surface area contributed by atoms with Gasteiger partial charge in [0.15, 0.2) is 11.5 Å². The topological polar surface area (TPSA) is 30.5 Å². The number of ether oxygens (including phenoxy) is 2. The van der Waals surface area contributed by atoms with E-state index in [9.17, 15) is 0 Å². The van der Waals surface area contributed by atoms with Gasteiger partial charge in [0.1, 0.15) is 0 Å². The molecule has 0 aliphatic rings. The van der Waals surface area contributed by atoms with E-state index < -0.39 is 0 Å². The second kappa shape index (κ2) is 8.30. The van der Waals surface area contributed by atoms with Gasteiger partial charge >= 0.3 is 0 Å². The molecule has 0 radical (unpaired) electrons. The Labute approximate surface area is 144 Å². The van der Waals surface area contributed by atoms with Gasteiger partial charge in [-0.05, 0) is 64.3 Å². The Morgan fingerprint density at radius 3 is 2.55 bits per heavy atom. The Bertz CT molecular complexity index is 617. The molecule has 0 amide bonds. The standard InChI is InChI=1S/C17H19BrClNO2/c1-3-8-22-17-15(18)9-12(10-16(17)21-2)11-20-14-6-4-13(19)5-7-14/h4-7,9-10,20H,3,8,11H2,1-2H3. The number of rotatable bonds is 7. The normalized spacial score (nSPS) is 10.4. The summed E-state index contributed by atoms with van der Waals surface area (Å²) >= 11 is 9.44. The summed E-state index contributed by atoms with van der Waals surface area (Å²) in [6, 6.07) is 11.7. The van der Waals surface area contributed by atoms with Crippen LogP contribution in [0.4, 0.5) is 5.69 Å². The molecule has 0 bridgehead atoms. The SMILES string of the molecule is CCCOc1c(Br)cc(CNc2ccc(Cl)cc2)cc1OC. The summed E-state index contributed by atoms with van der Waals surface area (Å²) in [4.78, 5) is 0. The fourth-order valence-corrected chi connectivity index (χ4v) is 2.72. The minimum Gasteiger partial charge on any atom is -0.493 e. The van der Waals surface area contributed by atoms with Crippen molar-refractivity contribution in [2.45, 2.75) is 19.9 Å². The maximum atomic E-state index is 5.88. The van der Waals surface area contributed by atoms with Crippen LogP contribution < -0.4 is 14.8 Å². The molecule has 0 unspecified atom stereocenters. The highest BCUT2D eigenvalue weighted by molar-refractivity contribution is 9.10. The Hall–Kier alpha value is -1.39. The lowest BCUT2D eigenvalue weighted by Crippen LogP contribution is -2.03. The highest BCUT2D eigenvalue weighted by atomic mass is 79.9. The molecule has 5 heteroatoms. The lowest BCUT2D eigenvalue weighted by molar-refractivity contribution is 0.292. The van der Waals surface area contributed by atoms with E-state index in [2.05, 4.69) is 28.2 Å². The summed E-state index contributed by atoms with van der Waals surface area (Å²) in [5.74, 6) is 1.48. The second-order valence-corrected chi connectivity index (χ2v) is 6.11. The molecule has 22 heavy (non-hydrogen) atoms. The number of hydrogen-bond acceptors (Lipinski definition) is 3. The number of methoxy groups -OCH3 is 1. The van der Waals surface area contributed by atoms with Gasteiger partial charge in [0.25, 0.3) is 0 Å². The maximum absolute atomic E-state index is 5.88. The van der Waals surface area contributed by atoms with Gasteiger partial charge in [0.05, 0.1) is 18.2 Å². The van der Waals surface area contributed by atoms with Crippen molar-refractivity contribution in [3.05, 3.63) is 51.5 Å². The van der Waals surface area contributed by atoms with Crippen LogP contribution in [0.15, 0.2) is 40.9 Å². The van der Waals surface area contributed by atoms with Crippen LogP contribution in [0.1, 0.15) is 18.9 Å². The molecule has 2 rings (SSSR count). The van der Waals surface area contributed by atoms with Crippen LogP contribution >= 0.6 is 27.5 Å². The van der Waals surface area contributed by atoms with Crippen molar-refractivity contribution in [3.63, 3.8) is 0 Å². The predicted molar refractivity (Wildman–Crippen MR) is 95.3 cm³/mol. The van der Waals surface area contributed by atoms with Crippen molar-refractivity contribution in [1.29, 1.82) is 0 Å². The minimum atomic E-state index is 0.664. The van der Waals surface area contributed by atoms with Gasteiger partial charge in [-0.1, -0.05) is 18.5 Å². The summed E-state index contributed by atoms with van der Waals surface area (Å²) in [5, 5.41) is 4.08. The minimum absolute atomic E-state index is 0.664. The van der Waals surface area contributed by atoms with Crippen LogP contribution in [0.3, 0.4) is 0 Å². The highest BCUT2D eigenvalue weighted by Crippen LogP contribution is 2.37. The van der Waals surface area contributed by atoms with Gasteiger partial charge in [-0.3, -0.25) is 0 Å². The van der Waals surface area contributed by atoms with Crippen molar-refractivity contribution >= 4 is 33.2 Å². The number of halogens is 2. The zero-order chi connectivity index (χ0) is 15.9. The molecule has 0 atom stereocenters. The Morgan fingerprint density at radius 1 is 1.18 bits per heavy atom. The third-order valence-corrected chi connectivity index (χ3v) is 3.92. The average Bonchev–Trinajstić information content (AvgIpc) is 2.53. The first-order chi connectivity index (χ1) is 10.6. The van der Waals surface area contributed by atoms with Crippen LogP contribution in [0.2, 0.25) is 5.02 Å². The molecule has 0 saturated carbocycles. The molecular weight excluding hydrogens is 366 g/mol. The molecule has 0 aliphatic carbocycles. The second-order valence-electron chi connectivity index (χ2n) is 4.82. The van der Waals surface area contributed by atoms with Crippen molar-refractivity contribution in [3.8, 4) is 11.5 Å². The zero-order valence-corrected chi connectivity index (χ0v) is 15.0. The number of anilines is 1. The van der Waals surface area contributed by atoms with Gasteiger partial charge in [-0.15, -0.1) is 0 Å². The molecule has 1 N–H and O–H groups in total. The first-order valence-electron chi connectivity index (χ1n) is 7.12. The van der Waals surface area contributed by atoms with E-state index in [1.54, 1.807) is 7.11 Å². The van der Waals surface area contributed by atoms with Crippen molar-refractivity contribution < 1.29 is 9.47 Å². The fourth-order valence-electron chi connectivity index (χ4n) is 1.99. The summed E-state index contributed by atoms with van der Waals surface area (Å²) in [6.45, 7) is 3.42. The van der Waals surface area contributed by atoms with E-state index in [1.807, 2.05) is 36.4 Å². The van der Waals surface area contributed by atoms with E-state index in [0.29, 0.717) is 13.2 Å². The van der Waals surface area contributed by atoms with E-state index in [4.69, 9.17) is 21.1 Å². The summed E-state index contributed by atoms with van der Waals surface area (Å²) in [5.41, 5.74) is 2.12. The highest BCUT2D eigenvalue weighted by Gasteiger charge is 2.11. The lowest BCUT2D eigenvalue weighted by Gasteiger charge is -2.14. The number of benzene rings is 2. The van der Waals surface area contributed by atoms with Crippen molar-refractivity contribution in [2.24, 2.45) is 0 Å². The molecule has 0 fully saturated rings. The van der Waals surface area contributed by atoms with E-state index in [1.165, 1.54) is 0 Å². The fraction of sp³-hybridized carbons (Fsp3) is 0.294. The monoisotopic (exact) mass is 383 g/mol. The van der Waals surface area contributed by atoms with Crippen LogP contribution in [0.25, 0.3) is 0 Å². The molecular formula is C17H19BrClNO2. The van der Waals surface area contributed by atoms with Crippen LogP contribution in [-0.4, -0.2) is 13.7 Å². The lowest BCUT2D eigenvalue weighted by atomic mass is 10.2. The van der Waals surface area contributed by atoms with E-state index in [-0.39, 0.29) is 0 Å². The largest absolute Gasteiger partial charge is 0.493 e. The Morgan fingerprint density at radius 2 is 1.91 bits per heavy atom. The van der Waals surface area contributed by atoms with E-state index >= 15 is 0 Å². The van der Waals surface area contributed by atoms with Crippen LogP contribution in [-0.2, 0) is 6.54 Å². The zero-order valence-electron chi connectivity index (χ0n) is 12.7. The third-order valence-electron chi connectivity index (χ3n) is 3.08. The smallest absolute Gasteiger partial charge is 0.175 e. The quantitative estimate of drug-likeness (QED) is 0.682. The molecule has 0 aromatic heterocycles. The maximum Gasteiger partial charge on any atom is 0.175 e. The van der Waals surface area contributed by atoms with E-state index in [0.717, 1.165) is 38.7 Å². The van der Waals surface area contributed by atoms with Crippen LogP contribution in [0, 0.1) is 0 Å². The molecule has 118 valence electrons. The van der Waals surface area contributed by atoms with Gasteiger partial charge in [-0.25, -0.2) is 0 Å². The molecule has 0 aliphatic heterocycles. The van der Waals surface area contributed by atoms with Crippen molar-refractivity contribution in [2.75, 3.05) is 19.0 Å².